The number of carbonyl (C=O) groups is 1. The van der Waals surface area contributed by atoms with Gasteiger partial charge in [-0.25, -0.2) is 4.98 Å². The van der Waals surface area contributed by atoms with Crippen LogP contribution in [0.3, 0.4) is 0 Å². The van der Waals surface area contributed by atoms with E-state index in [0.29, 0.717) is 6.42 Å². The van der Waals surface area contributed by atoms with E-state index in [9.17, 15) is 14.9 Å². The van der Waals surface area contributed by atoms with Crippen LogP contribution in [0.5, 0.6) is 0 Å². The first-order valence-electron chi connectivity index (χ1n) is 5.31. The maximum Gasteiger partial charge on any atom is 0.288 e. The van der Waals surface area contributed by atoms with Crippen molar-refractivity contribution in [1.29, 1.82) is 0 Å². The van der Waals surface area contributed by atoms with Crippen LogP contribution in [-0.4, -0.2) is 33.6 Å². The molecule has 0 spiro atoms. The molecule has 1 amide bonds. The van der Waals surface area contributed by atoms with Gasteiger partial charge in [-0.2, -0.15) is 0 Å². The summed E-state index contributed by atoms with van der Waals surface area (Å²) in [5, 5.41) is 22.4. The fourth-order valence-electron chi connectivity index (χ4n) is 1.33. The SMILES string of the molecule is CC[C@@H](CO)Nc1ncc([N+](=O)[O-])cc1C(N)=O. The molecule has 0 bridgehead atoms. The van der Waals surface area contributed by atoms with Gasteiger partial charge in [-0.15, -0.1) is 0 Å². The zero-order valence-corrected chi connectivity index (χ0v) is 9.79. The van der Waals surface area contributed by atoms with Gasteiger partial charge in [0.05, 0.1) is 23.1 Å². The number of nitrogens with zero attached hydrogens (tertiary/aromatic N) is 2. The van der Waals surface area contributed by atoms with Crippen LogP contribution in [0.25, 0.3) is 0 Å². The number of nitrogens with two attached hydrogens (primary N) is 1. The molecular formula is C10H14N4O4. The zero-order valence-electron chi connectivity index (χ0n) is 9.79. The molecule has 18 heavy (non-hydrogen) atoms. The van der Waals surface area contributed by atoms with Gasteiger partial charge < -0.3 is 16.2 Å². The molecule has 8 nitrogen and oxygen atoms in total. The maximum atomic E-state index is 11.2. The molecule has 0 aliphatic heterocycles. The molecule has 0 aliphatic rings. The Hall–Kier alpha value is -2.22. The van der Waals surface area contributed by atoms with E-state index in [1.807, 2.05) is 6.92 Å². The molecule has 0 saturated carbocycles. The lowest BCUT2D eigenvalue weighted by molar-refractivity contribution is -0.385. The summed E-state index contributed by atoms with van der Waals surface area (Å²) < 4.78 is 0. The fourth-order valence-corrected chi connectivity index (χ4v) is 1.33. The van der Waals surface area contributed by atoms with Crippen LogP contribution in [0, 0.1) is 10.1 Å². The topological polar surface area (TPSA) is 131 Å². The van der Waals surface area contributed by atoms with Crippen molar-refractivity contribution in [3.63, 3.8) is 0 Å². The van der Waals surface area contributed by atoms with Gasteiger partial charge in [0, 0.05) is 6.07 Å². The predicted octanol–water partition coefficient (Wildman–Crippen LogP) is 0.272. The Morgan fingerprint density at radius 2 is 2.39 bits per heavy atom. The van der Waals surface area contributed by atoms with E-state index in [4.69, 9.17) is 10.8 Å². The van der Waals surface area contributed by atoms with E-state index < -0.39 is 10.8 Å². The smallest absolute Gasteiger partial charge is 0.288 e. The second-order valence-electron chi connectivity index (χ2n) is 3.64. The van der Waals surface area contributed by atoms with Crippen molar-refractivity contribution in [3.05, 3.63) is 27.9 Å². The Kier molecular flexibility index (Phi) is 4.55. The van der Waals surface area contributed by atoms with Gasteiger partial charge in [-0.05, 0) is 6.42 Å². The molecule has 0 unspecified atom stereocenters. The Balaban J connectivity index is 3.11. The van der Waals surface area contributed by atoms with E-state index >= 15 is 0 Å². The van der Waals surface area contributed by atoms with Crippen molar-refractivity contribution in [2.45, 2.75) is 19.4 Å². The molecule has 1 aromatic heterocycles. The minimum absolute atomic E-state index is 0.0731. The predicted molar refractivity (Wildman–Crippen MR) is 64.2 cm³/mol. The van der Waals surface area contributed by atoms with Crippen molar-refractivity contribution in [2.24, 2.45) is 5.73 Å². The maximum absolute atomic E-state index is 11.2. The number of hydrogen-bond acceptors (Lipinski definition) is 6. The summed E-state index contributed by atoms with van der Waals surface area (Å²) in [5.74, 6) is -0.685. The molecule has 98 valence electrons. The number of nitrogens with one attached hydrogen (secondary N) is 1. The molecule has 0 aliphatic carbocycles. The summed E-state index contributed by atoms with van der Waals surface area (Å²) >= 11 is 0. The Morgan fingerprint density at radius 1 is 1.72 bits per heavy atom. The lowest BCUT2D eigenvalue weighted by Gasteiger charge is -2.16. The highest BCUT2D eigenvalue weighted by Gasteiger charge is 2.17. The molecule has 0 fully saturated rings. The number of hydrogen-bond donors (Lipinski definition) is 3. The standard InChI is InChI=1S/C10H14N4O4/c1-2-6(5-15)13-10-8(9(11)16)3-7(4-12-10)14(17)18/h3-4,6,15H,2,5H2,1H3,(H2,11,16)(H,12,13)/t6-/m0/s1. The lowest BCUT2D eigenvalue weighted by Crippen LogP contribution is -2.25. The van der Waals surface area contributed by atoms with E-state index in [2.05, 4.69) is 10.3 Å². The normalized spacial score (nSPS) is 11.9. The summed E-state index contributed by atoms with van der Waals surface area (Å²) in [6.45, 7) is 1.69. The van der Waals surface area contributed by atoms with Crippen LogP contribution in [0.4, 0.5) is 11.5 Å². The van der Waals surface area contributed by atoms with E-state index in [0.717, 1.165) is 12.3 Å². The third-order valence-corrected chi connectivity index (χ3v) is 2.40. The first-order valence-corrected chi connectivity index (χ1v) is 5.31. The van der Waals surface area contributed by atoms with Crippen LogP contribution in [0.1, 0.15) is 23.7 Å². The number of carbonyl (C=O) groups excluding carboxylic acids is 1. The number of anilines is 1. The number of nitro groups is 1. The molecule has 8 heteroatoms. The van der Waals surface area contributed by atoms with Crippen LogP contribution >= 0.6 is 0 Å². The largest absolute Gasteiger partial charge is 0.394 e. The second kappa shape index (κ2) is 5.92. The average Bonchev–Trinajstić information content (AvgIpc) is 2.35. The Bertz CT molecular complexity index is 459. The van der Waals surface area contributed by atoms with Crippen LogP contribution in [-0.2, 0) is 0 Å². The third kappa shape index (κ3) is 3.14. The number of pyridine rings is 1. The first kappa shape index (κ1) is 13.8. The molecule has 1 rings (SSSR count). The van der Waals surface area contributed by atoms with E-state index in [1.54, 1.807) is 0 Å². The van der Waals surface area contributed by atoms with Crippen molar-refractivity contribution >= 4 is 17.4 Å². The molecule has 1 aromatic rings. The minimum Gasteiger partial charge on any atom is -0.394 e. The van der Waals surface area contributed by atoms with Gasteiger partial charge in [-0.1, -0.05) is 6.92 Å². The second-order valence-corrected chi connectivity index (χ2v) is 3.64. The molecule has 0 aromatic carbocycles. The highest BCUT2D eigenvalue weighted by atomic mass is 16.6. The first-order chi connectivity index (χ1) is 8.49. The van der Waals surface area contributed by atoms with Crippen LogP contribution < -0.4 is 11.1 Å². The lowest BCUT2D eigenvalue weighted by atomic mass is 10.2. The van der Waals surface area contributed by atoms with Gasteiger partial charge in [-0.3, -0.25) is 14.9 Å². The monoisotopic (exact) mass is 254 g/mol. The average molecular weight is 254 g/mol. The van der Waals surface area contributed by atoms with Crippen molar-refractivity contribution < 1.29 is 14.8 Å². The number of aromatic nitrogens is 1. The summed E-state index contributed by atoms with van der Waals surface area (Å²) in [4.78, 5) is 24.9. The van der Waals surface area contributed by atoms with Crippen molar-refractivity contribution in [3.8, 4) is 0 Å². The van der Waals surface area contributed by atoms with E-state index in [-0.39, 0.29) is 29.7 Å². The van der Waals surface area contributed by atoms with Gasteiger partial charge >= 0.3 is 0 Å². The van der Waals surface area contributed by atoms with Crippen LogP contribution in [0.2, 0.25) is 0 Å². The van der Waals surface area contributed by atoms with Gasteiger partial charge in [0.1, 0.15) is 12.0 Å². The summed E-state index contributed by atoms with van der Waals surface area (Å²) in [5.41, 5.74) is 4.75. The number of aliphatic hydroxyl groups excluding tert-OH is 1. The highest BCUT2D eigenvalue weighted by Crippen LogP contribution is 2.19. The van der Waals surface area contributed by atoms with Crippen molar-refractivity contribution in [2.75, 3.05) is 11.9 Å². The minimum atomic E-state index is -0.818. The third-order valence-electron chi connectivity index (χ3n) is 2.40. The molecular weight excluding hydrogens is 240 g/mol. The van der Waals surface area contributed by atoms with Crippen molar-refractivity contribution in [1.82, 2.24) is 4.98 Å². The Labute approximate surface area is 103 Å². The number of amides is 1. The number of rotatable bonds is 6. The summed E-state index contributed by atoms with van der Waals surface area (Å²) in [6, 6.07) is 0.763. The number of primary amides is 1. The quantitative estimate of drug-likeness (QED) is 0.493. The molecule has 1 atom stereocenters. The molecule has 0 saturated heterocycles. The van der Waals surface area contributed by atoms with Gasteiger partial charge in [0.15, 0.2) is 0 Å². The summed E-state index contributed by atoms with van der Waals surface area (Å²) in [7, 11) is 0. The molecule has 1 heterocycles. The molecule has 0 radical (unpaired) electrons. The van der Waals surface area contributed by atoms with Crippen LogP contribution in [0.15, 0.2) is 12.3 Å². The highest BCUT2D eigenvalue weighted by molar-refractivity contribution is 5.98. The number of aliphatic hydroxyl groups is 1. The zero-order chi connectivity index (χ0) is 13.7. The fraction of sp³-hybridized carbons (Fsp3) is 0.400. The van der Waals surface area contributed by atoms with Gasteiger partial charge in [0.25, 0.3) is 11.6 Å². The van der Waals surface area contributed by atoms with Gasteiger partial charge in [0.2, 0.25) is 0 Å². The Morgan fingerprint density at radius 3 is 2.83 bits per heavy atom. The van der Waals surface area contributed by atoms with E-state index in [1.165, 1.54) is 0 Å². The molecule has 4 N–H and O–H groups in total. The summed E-state index contributed by atoms with van der Waals surface area (Å²) in [6.07, 6.45) is 1.63.